The predicted molar refractivity (Wildman–Crippen MR) is 158 cm³/mol. The van der Waals surface area contributed by atoms with Crippen LogP contribution in [-0.2, 0) is 4.79 Å². The van der Waals surface area contributed by atoms with Gasteiger partial charge in [-0.15, -0.1) is 0 Å². The van der Waals surface area contributed by atoms with E-state index in [9.17, 15) is 13.6 Å². The topological polar surface area (TPSA) is 111 Å². The van der Waals surface area contributed by atoms with Crippen LogP contribution in [0.25, 0.3) is 5.57 Å². The van der Waals surface area contributed by atoms with E-state index in [-0.39, 0.29) is 18.9 Å². The van der Waals surface area contributed by atoms with Gasteiger partial charge in [0.05, 0.1) is 25.1 Å². The van der Waals surface area contributed by atoms with Crippen molar-refractivity contribution in [2.24, 2.45) is 15.9 Å². The molecule has 1 aromatic heterocycles. The number of carbonyl (C=O) groups is 1. The van der Waals surface area contributed by atoms with Gasteiger partial charge in [0.2, 0.25) is 0 Å². The summed E-state index contributed by atoms with van der Waals surface area (Å²) < 4.78 is 27.1. The quantitative estimate of drug-likeness (QED) is 0.345. The van der Waals surface area contributed by atoms with Gasteiger partial charge in [-0.2, -0.15) is 0 Å². The number of aromatic nitrogens is 1. The minimum Gasteiger partial charge on any atom is -0.481 e. The minimum absolute atomic E-state index is 0.0940. The number of nitrogens with one attached hydrogen (secondary N) is 3. The highest BCUT2D eigenvalue weighted by Crippen LogP contribution is 2.15. The van der Waals surface area contributed by atoms with Crippen molar-refractivity contribution in [1.82, 2.24) is 20.9 Å². The first-order chi connectivity index (χ1) is 18.8. The Bertz CT molecular complexity index is 1040. The lowest BCUT2D eigenvalue weighted by Gasteiger charge is -2.13. The fraction of sp³-hybridized carbons (Fsp3) is 0.448. The van der Waals surface area contributed by atoms with Crippen molar-refractivity contribution in [1.29, 1.82) is 0 Å². The third-order valence-corrected chi connectivity index (χ3v) is 4.94. The molecule has 0 bridgehead atoms. The maximum atomic E-state index is 13.6. The smallest absolute Gasteiger partial charge is 0.303 e. The highest BCUT2D eigenvalue weighted by atomic mass is 19.1. The molecule has 0 amide bonds. The lowest BCUT2D eigenvalue weighted by molar-refractivity contribution is -0.138. The van der Waals surface area contributed by atoms with Crippen LogP contribution in [0.3, 0.4) is 0 Å². The normalized spacial score (nSPS) is 19.2. The van der Waals surface area contributed by atoms with E-state index in [1.807, 2.05) is 60.0 Å². The molecule has 0 aliphatic carbocycles. The van der Waals surface area contributed by atoms with Crippen LogP contribution in [0.5, 0.6) is 0 Å². The lowest BCUT2D eigenvalue weighted by atomic mass is 10.0. The zero-order valence-corrected chi connectivity index (χ0v) is 24.2. The molecular weight excluding hydrogens is 502 g/mol. The third kappa shape index (κ3) is 15.4. The van der Waals surface area contributed by atoms with Crippen molar-refractivity contribution in [3.8, 4) is 0 Å². The van der Waals surface area contributed by atoms with E-state index in [4.69, 9.17) is 5.11 Å². The van der Waals surface area contributed by atoms with Crippen LogP contribution < -0.4 is 16.0 Å². The first-order valence-corrected chi connectivity index (χ1v) is 13.3. The van der Waals surface area contributed by atoms with Crippen molar-refractivity contribution >= 4 is 23.7 Å². The van der Waals surface area contributed by atoms with E-state index in [1.54, 1.807) is 19.5 Å². The Hall–Kier alpha value is -3.66. The Morgan fingerprint density at radius 2 is 1.87 bits per heavy atom. The maximum Gasteiger partial charge on any atom is 0.303 e. The molecule has 3 heterocycles. The van der Waals surface area contributed by atoms with Crippen molar-refractivity contribution in [3.05, 3.63) is 71.4 Å². The Morgan fingerprint density at radius 3 is 2.44 bits per heavy atom. The number of carboxylic acids is 1. The second-order valence-corrected chi connectivity index (χ2v) is 8.09. The summed E-state index contributed by atoms with van der Waals surface area (Å²) in [7, 11) is 1.87. The molecule has 10 heteroatoms. The molecule has 8 nitrogen and oxygen atoms in total. The summed E-state index contributed by atoms with van der Waals surface area (Å²) >= 11 is 0. The van der Waals surface area contributed by atoms with E-state index >= 15 is 0 Å². The van der Waals surface area contributed by atoms with Gasteiger partial charge in [0.15, 0.2) is 0 Å². The van der Waals surface area contributed by atoms with Crippen LogP contribution in [0.2, 0.25) is 0 Å². The molecule has 4 N–H and O–H groups in total. The molecule has 216 valence electrons. The number of hydrogen-bond acceptors (Lipinski definition) is 7. The zero-order chi connectivity index (χ0) is 29.6. The van der Waals surface area contributed by atoms with Crippen LogP contribution in [0, 0.1) is 5.92 Å². The molecule has 1 atom stereocenters. The van der Waals surface area contributed by atoms with Crippen LogP contribution >= 0.6 is 0 Å². The van der Waals surface area contributed by atoms with E-state index < -0.39 is 17.6 Å². The average molecular weight is 547 g/mol. The number of hydrogen-bond donors (Lipinski definition) is 4. The van der Waals surface area contributed by atoms with Crippen LogP contribution in [0.4, 0.5) is 8.78 Å². The van der Waals surface area contributed by atoms with E-state index in [0.29, 0.717) is 18.1 Å². The van der Waals surface area contributed by atoms with Gasteiger partial charge in [-0.25, -0.2) is 8.78 Å². The SMILES string of the molecule is CC.CC.CNCCC(C)CC(=O)O.C\C1=C/C(F)=C\C(F)=C\CN=C(c2ccc(C3=CNC=NC3)nc2)N1. The molecule has 1 unspecified atom stereocenters. The second kappa shape index (κ2) is 21.3. The number of aliphatic imine (C=N–C) groups is 2. The standard InChI is InChI=1S/C18H17F2N5.C7H15NO2.2C2H6/c1-12-6-16(20)7-15(19)4-5-23-18(25-12)13-2-3-17(24-10-13)14-8-21-11-22-9-14;1-6(3-4-8-2)5-7(9)10;2*1-2/h2-4,6-8,10-11H,5,9H2,1H3,(H,21,22)(H,23,25);6,8H,3-5H2,1-2H3,(H,9,10);2*1-2H3/b12-6+,15-4-,16-7+;;;. The van der Waals surface area contributed by atoms with Gasteiger partial charge in [0.1, 0.15) is 17.5 Å². The lowest BCUT2D eigenvalue weighted by Crippen LogP contribution is -2.23. The molecule has 0 radical (unpaired) electrons. The molecular formula is C29H44F2N6O2. The number of amidine groups is 1. The number of halogens is 2. The zero-order valence-electron chi connectivity index (χ0n) is 24.2. The Kier molecular flexibility index (Phi) is 19.3. The highest BCUT2D eigenvalue weighted by molar-refractivity contribution is 5.99. The number of aliphatic carboxylic acids is 1. The largest absolute Gasteiger partial charge is 0.481 e. The van der Waals surface area contributed by atoms with E-state index in [0.717, 1.165) is 35.9 Å². The molecule has 2 aliphatic rings. The van der Waals surface area contributed by atoms with Gasteiger partial charge >= 0.3 is 5.97 Å². The molecule has 0 spiro atoms. The summed E-state index contributed by atoms with van der Waals surface area (Å²) in [6.07, 6.45) is 9.63. The monoisotopic (exact) mass is 546 g/mol. The summed E-state index contributed by atoms with van der Waals surface area (Å²) in [6, 6.07) is 3.72. The molecule has 0 aromatic carbocycles. The molecule has 39 heavy (non-hydrogen) atoms. The number of allylic oxidation sites excluding steroid dienone is 5. The second-order valence-electron chi connectivity index (χ2n) is 8.09. The van der Waals surface area contributed by atoms with E-state index in [1.165, 1.54) is 12.2 Å². The van der Waals surface area contributed by atoms with Crippen molar-refractivity contribution < 1.29 is 18.7 Å². The first kappa shape index (κ1) is 35.3. The maximum absolute atomic E-state index is 13.6. The fourth-order valence-electron chi connectivity index (χ4n) is 3.14. The number of rotatable bonds is 7. The minimum atomic E-state index is -0.705. The van der Waals surface area contributed by atoms with Gasteiger partial charge < -0.3 is 21.1 Å². The van der Waals surface area contributed by atoms with Crippen molar-refractivity contribution in [2.45, 2.75) is 54.4 Å². The molecule has 3 rings (SSSR count). The number of carboxylic acid groups (broad SMARTS) is 1. The first-order valence-electron chi connectivity index (χ1n) is 13.3. The molecule has 0 saturated carbocycles. The van der Waals surface area contributed by atoms with Gasteiger partial charge in [0.25, 0.3) is 0 Å². The average Bonchev–Trinajstić information content (AvgIpc) is 2.94. The summed E-state index contributed by atoms with van der Waals surface area (Å²) in [4.78, 5) is 23.1. The summed E-state index contributed by atoms with van der Waals surface area (Å²) in [6.45, 7) is 13.2. The van der Waals surface area contributed by atoms with Crippen molar-refractivity contribution in [3.63, 3.8) is 0 Å². The molecule has 0 fully saturated rings. The predicted octanol–water partition coefficient (Wildman–Crippen LogP) is 5.77. The number of pyridine rings is 1. The third-order valence-electron chi connectivity index (χ3n) is 4.94. The molecule has 1 aromatic rings. The highest BCUT2D eigenvalue weighted by Gasteiger charge is 2.10. The summed E-state index contributed by atoms with van der Waals surface area (Å²) in [5.74, 6) is -1.24. The van der Waals surface area contributed by atoms with Gasteiger partial charge in [-0.1, -0.05) is 34.6 Å². The van der Waals surface area contributed by atoms with E-state index in [2.05, 4.69) is 30.9 Å². The molecule has 0 saturated heterocycles. The van der Waals surface area contributed by atoms with Crippen LogP contribution in [0.15, 0.2) is 70.1 Å². The molecule has 2 aliphatic heterocycles. The Labute approximate surface area is 231 Å². The summed E-state index contributed by atoms with van der Waals surface area (Å²) in [5.41, 5.74) is 3.02. The fourth-order valence-corrected chi connectivity index (χ4v) is 3.14. The Balaban J connectivity index is 0.000000871. The van der Waals surface area contributed by atoms with Crippen molar-refractivity contribution in [2.75, 3.05) is 26.7 Å². The number of nitrogens with zero attached hydrogens (tertiary/aromatic N) is 3. The van der Waals surface area contributed by atoms with Gasteiger partial charge in [0, 0.05) is 41.7 Å². The van der Waals surface area contributed by atoms with Gasteiger partial charge in [-0.05, 0) is 57.1 Å². The van der Waals surface area contributed by atoms with Gasteiger partial charge in [-0.3, -0.25) is 19.8 Å². The van der Waals surface area contributed by atoms with Crippen LogP contribution in [0.1, 0.15) is 65.6 Å². The summed E-state index contributed by atoms with van der Waals surface area (Å²) in [5, 5.41) is 17.3. The van der Waals surface area contributed by atoms with Crippen LogP contribution in [-0.4, -0.2) is 54.9 Å². The Morgan fingerprint density at radius 1 is 1.15 bits per heavy atom.